The second-order valence-corrected chi connectivity index (χ2v) is 6.70. The van der Waals surface area contributed by atoms with Gasteiger partial charge in [0.05, 0.1) is 42.3 Å². The number of nitrogens with one attached hydrogen (secondary N) is 1. The highest BCUT2D eigenvalue weighted by Gasteiger charge is 2.28. The zero-order chi connectivity index (χ0) is 18.4. The number of carbonyl (C=O) groups excluding carboxylic acids is 1. The van der Waals surface area contributed by atoms with Crippen molar-refractivity contribution in [3.63, 3.8) is 0 Å². The molecule has 1 aliphatic heterocycles. The van der Waals surface area contributed by atoms with Crippen molar-refractivity contribution < 1.29 is 9.18 Å². The van der Waals surface area contributed by atoms with Gasteiger partial charge in [0.1, 0.15) is 5.82 Å². The van der Waals surface area contributed by atoms with E-state index in [-0.39, 0.29) is 11.7 Å². The topological polar surface area (TPSA) is 66.8 Å². The van der Waals surface area contributed by atoms with Crippen LogP contribution in [0.5, 0.6) is 0 Å². The predicted octanol–water partition coefficient (Wildman–Crippen LogP) is 3.10. The molecule has 1 aliphatic rings. The Morgan fingerprint density at radius 2 is 2.00 bits per heavy atom. The Labute approximate surface area is 154 Å². The van der Waals surface area contributed by atoms with Crippen LogP contribution in [-0.4, -0.2) is 30.6 Å². The molecule has 0 atom stereocenters. The fourth-order valence-corrected chi connectivity index (χ4v) is 3.50. The summed E-state index contributed by atoms with van der Waals surface area (Å²) < 4.78 is 15.0. The fourth-order valence-electron chi connectivity index (χ4n) is 3.50. The van der Waals surface area contributed by atoms with Crippen LogP contribution in [0, 0.1) is 5.82 Å². The number of hydrogen-bond acceptors (Lipinski definition) is 3. The first kappa shape index (κ1) is 15.7. The van der Waals surface area contributed by atoms with E-state index in [0.717, 1.165) is 27.9 Å². The maximum absolute atomic E-state index is 13.1. The van der Waals surface area contributed by atoms with Gasteiger partial charge >= 0.3 is 0 Å². The zero-order valence-electron chi connectivity index (χ0n) is 14.4. The minimum absolute atomic E-state index is 0.0176. The van der Waals surface area contributed by atoms with Crippen molar-refractivity contribution in [2.45, 2.75) is 19.6 Å². The Morgan fingerprint density at radius 1 is 1.15 bits per heavy atom. The summed E-state index contributed by atoms with van der Waals surface area (Å²) >= 11 is 0. The van der Waals surface area contributed by atoms with Crippen LogP contribution in [0.2, 0.25) is 0 Å². The molecule has 1 amide bonds. The van der Waals surface area contributed by atoms with E-state index >= 15 is 0 Å². The third kappa shape index (κ3) is 2.77. The number of halogens is 1. The lowest BCUT2D eigenvalue weighted by Crippen LogP contribution is -2.26. The molecule has 134 valence electrons. The number of aromatic amines is 1. The van der Waals surface area contributed by atoms with Crippen LogP contribution >= 0.6 is 0 Å². The highest BCUT2D eigenvalue weighted by Crippen LogP contribution is 2.25. The molecule has 0 saturated carbocycles. The molecule has 0 radical (unpaired) electrons. The highest BCUT2D eigenvalue weighted by molar-refractivity contribution is 5.97. The van der Waals surface area contributed by atoms with Gasteiger partial charge in [0.15, 0.2) is 0 Å². The number of amides is 1. The minimum Gasteiger partial charge on any atom is -0.345 e. The molecule has 2 aromatic heterocycles. The first-order valence-corrected chi connectivity index (χ1v) is 8.68. The summed E-state index contributed by atoms with van der Waals surface area (Å²) in [4.78, 5) is 21.9. The number of nitrogens with zero attached hydrogens (tertiary/aromatic N) is 4. The van der Waals surface area contributed by atoms with Crippen LogP contribution in [0.1, 0.15) is 27.2 Å². The van der Waals surface area contributed by atoms with E-state index in [1.54, 1.807) is 24.5 Å². The van der Waals surface area contributed by atoms with Gasteiger partial charge in [0, 0.05) is 17.7 Å². The van der Waals surface area contributed by atoms with Crippen molar-refractivity contribution >= 4 is 16.9 Å². The Bertz CT molecular complexity index is 1140. The number of hydrogen-bond donors (Lipinski definition) is 1. The van der Waals surface area contributed by atoms with E-state index in [9.17, 15) is 9.18 Å². The quantitative estimate of drug-likeness (QED) is 0.610. The lowest BCUT2D eigenvalue weighted by molar-refractivity contribution is 0.0748. The summed E-state index contributed by atoms with van der Waals surface area (Å²) in [5.41, 5.74) is 5.36. The Hall–Kier alpha value is -3.48. The van der Waals surface area contributed by atoms with Crippen LogP contribution < -0.4 is 0 Å². The second-order valence-electron chi connectivity index (χ2n) is 6.70. The number of fused-ring (bicyclic) bond motifs is 2. The highest BCUT2D eigenvalue weighted by atomic mass is 19.1. The molecule has 2 aromatic carbocycles. The molecule has 0 aliphatic carbocycles. The molecular formula is C20H16FN5O. The molecule has 1 N–H and O–H groups in total. The number of carbonyl (C=O) groups is 1. The smallest absolute Gasteiger partial charge is 0.254 e. The molecule has 0 fully saturated rings. The third-order valence-corrected chi connectivity index (χ3v) is 4.94. The van der Waals surface area contributed by atoms with Gasteiger partial charge < -0.3 is 9.88 Å². The Kier molecular flexibility index (Phi) is 3.53. The van der Waals surface area contributed by atoms with E-state index in [0.29, 0.717) is 25.2 Å². The summed E-state index contributed by atoms with van der Waals surface area (Å²) in [5.74, 6) is -0.272. The van der Waals surface area contributed by atoms with E-state index in [4.69, 9.17) is 0 Å². The second kappa shape index (κ2) is 6.05. The summed E-state index contributed by atoms with van der Waals surface area (Å²) in [7, 11) is 0. The molecule has 0 spiro atoms. The van der Waals surface area contributed by atoms with E-state index in [1.807, 2.05) is 27.9 Å². The van der Waals surface area contributed by atoms with Crippen molar-refractivity contribution in [3.05, 3.63) is 83.2 Å². The van der Waals surface area contributed by atoms with Gasteiger partial charge in [-0.15, -0.1) is 0 Å². The van der Waals surface area contributed by atoms with Gasteiger partial charge in [-0.2, -0.15) is 5.10 Å². The van der Waals surface area contributed by atoms with Gasteiger partial charge in [0.25, 0.3) is 5.91 Å². The first-order valence-electron chi connectivity index (χ1n) is 8.68. The molecule has 0 bridgehead atoms. The number of aromatic nitrogens is 4. The van der Waals surface area contributed by atoms with Crippen molar-refractivity contribution in [2.75, 3.05) is 0 Å². The van der Waals surface area contributed by atoms with Gasteiger partial charge in [-0.3, -0.25) is 9.48 Å². The average molecular weight is 361 g/mol. The van der Waals surface area contributed by atoms with Gasteiger partial charge in [-0.1, -0.05) is 12.1 Å². The lowest BCUT2D eigenvalue weighted by atomic mass is 10.2. The van der Waals surface area contributed by atoms with Gasteiger partial charge in [0.2, 0.25) is 0 Å². The zero-order valence-corrected chi connectivity index (χ0v) is 14.4. The van der Waals surface area contributed by atoms with Crippen LogP contribution in [0.3, 0.4) is 0 Å². The molecule has 3 heterocycles. The molecule has 27 heavy (non-hydrogen) atoms. The van der Waals surface area contributed by atoms with Crippen molar-refractivity contribution in [1.29, 1.82) is 0 Å². The molecule has 5 rings (SSSR count). The summed E-state index contributed by atoms with van der Waals surface area (Å²) in [6.45, 7) is 1.60. The number of rotatable bonds is 3. The summed E-state index contributed by atoms with van der Waals surface area (Å²) in [6.07, 6.45) is 3.43. The van der Waals surface area contributed by atoms with Gasteiger partial charge in [-0.25, -0.2) is 9.37 Å². The average Bonchev–Trinajstić information content (AvgIpc) is 3.39. The molecule has 7 heteroatoms. The SMILES string of the molecule is O=C(c1ccc2nc[nH]c2c1)N1Cc2cnn(Cc3ccc(F)cc3)c2C1. The van der Waals surface area contributed by atoms with E-state index in [2.05, 4.69) is 15.1 Å². The third-order valence-electron chi connectivity index (χ3n) is 4.94. The van der Waals surface area contributed by atoms with Crippen molar-refractivity contribution in [3.8, 4) is 0 Å². The first-order chi connectivity index (χ1) is 13.2. The fraction of sp³-hybridized carbons (Fsp3) is 0.150. The number of H-pyrrole nitrogens is 1. The van der Waals surface area contributed by atoms with Crippen LogP contribution in [0.4, 0.5) is 4.39 Å². The Balaban J connectivity index is 1.36. The minimum atomic E-state index is -0.254. The largest absolute Gasteiger partial charge is 0.345 e. The van der Waals surface area contributed by atoms with E-state index < -0.39 is 0 Å². The van der Waals surface area contributed by atoms with Gasteiger partial charge in [-0.05, 0) is 35.9 Å². The normalized spacial score (nSPS) is 13.3. The number of imidazole rings is 1. The maximum atomic E-state index is 13.1. The standard InChI is InChI=1S/C20H16FN5O/c21-16-4-1-13(2-5-16)9-26-19-11-25(10-15(19)8-24-26)20(27)14-3-6-17-18(7-14)23-12-22-17/h1-8,12H,9-11H2,(H,22,23). The predicted molar refractivity (Wildman–Crippen MR) is 97.4 cm³/mol. The summed E-state index contributed by atoms with van der Waals surface area (Å²) in [5, 5.41) is 4.43. The Morgan fingerprint density at radius 3 is 2.85 bits per heavy atom. The molecule has 0 unspecified atom stereocenters. The van der Waals surface area contributed by atoms with Crippen molar-refractivity contribution in [1.82, 2.24) is 24.6 Å². The molecule has 0 saturated heterocycles. The van der Waals surface area contributed by atoms with Crippen LogP contribution in [0.25, 0.3) is 11.0 Å². The van der Waals surface area contributed by atoms with Crippen molar-refractivity contribution in [2.24, 2.45) is 0 Å². The molecule has 4 aromatic rings. The van der Waals surface area contributed by atoms with Crippen LogP contribution in [0.15, 0.2) is 55.0 Å². The molecule has 6 nitrogen and oxygen atoms in total. The molecular weight excluding hydrogens is 345 g/mol. The lowest BCUT2D eigenvalue weighted by Gasteiger charge is -2.16. The number of benzene rings is 2. The van der Waals surface area contributed by atoms with E-state index in [1.165, 1.54) is 12.1 Å². The maximum Gasteiger partial charge on any atom is 0.254 e. The summed E-state index contributed by atoms with van der Waals surface area (Å²) in [6, 6.07) is 11.9. The monoisotopic (exact) mass is 361 g/mol. The van der Waals surface area contributed by atoms with Crippen LogP contribution in [-0.2, 0) is 19.6 Å².